The van der Waals surface area contributed by atoms with Crippen molar-refractivity contribution in [2.75, 3.05) is 5.88 Å². The zero-order chi connectivity index (χ0) is 13.9. The summed E-state index contributed by atoms with van der Waals surface area (Å²) in [5.41, 5.74) is -0.421. The molecule has 0 bridgehead atoms. The number of hydrogen-bond acceptors (Lipinski definition) is 2. The summed E-state index contributed by atoms with van der Waals surface area (Å²) < 4.78 is 13.0. The van der Waals surface area contributed by atoms with Crippen molar-refractivity contribution in [1.29, 1.82) is 0 Å². The smallest absolute Gasteiger partial charge is 0.235 e. The molecule has 0 radical (unpaired) electrons. The van der Waals surface area contributed by atoms with Crippen LogP contribution in [0, 0.1) is 5.82 Å². The predicted octanol–water partition coefficient (Wildman–Crippen LogP) is 2.52. The lowest BCUT2D eigenvalue weighted by Crippen LogP contribution is -2.53. The number of alkyl halides is 1. The number of Topliss-reactive ketones (excluding diaryl/α,β-unsaturated/α-hetero) is 1. The number of halogens is 2. The largest absolute Gasteiger partial charge is 0.339 e. The number of hydrogen-bond donors (Lipinski definition) is 1. The van der Waals surface area contributed by atoms with Crippen LogP contribution in [0.15, 0.2) is 24.3 Å². The molecule has 1 saturated carbocycles. The number of carbonyl (C=O) groups is 2. The first kappa shape index (κ1) is 14.0. The van der Waals surface area contributed by atoms with Crippen molar-refractivity contribution < 1.29 is 14.0 Å². The van der Waals surface area contributed by atoms with Gasteiger partial charge in [-0.25, -0.2) is 4.39 Å². The summed E-state index contributed by atoms with van der Waals surface area (Å²) in [6.07, 6.45) is 2.60. The van der Waals surface area contributed by atoms with E-state index in [4.69, 9.17) is 11.6 Å². The number of amides is 1. The highest BCUT2D eigenvalue weighted by molar-refractivity contribution is 6.27. The lowest BCUT2D eigenvalue weighted by molar-refractivity contribution is -0.133. The van der Waals surface area contributed by atoms with E-state index in [1.54, 1.807) is 12.1 Å². The zero-order valence-corrected chi connectivity index (χ0v) is 11.2. The molecule has 0 aliphatic heterocycles. The minimum absolute atomic E-state index is 0.0381. The Morgan fingerprint density at radius 1 is 1.32 bits per heavy atom. The fourth-order valence-corrected chi connectivity index (χ4v) is 2.61. The van der Waals surface area contributed by atoms with E-state index >= 15 is 0 Å². The Kier molecular flexibility index (Phi) is 4.20. The van der Waals surface area contributed by atoms with Crippen molar-refractivity contribution in [3.63, 3.8) is 0 Å². The van der Waals surface area contributed by atoms with Gasteiger partial charge >= 0.3 is 0 Å². The lowest BCUT2D eigenvalue weighted by atomic mass is 9.75. The summed E-state index contributed by atoms with van der Waals surface area (Å²) in [4.78, 5) is 23.9. The first-order valence-electron chi connectivity index (χ1n) is 6.25. The second-order valence-electron chi connectivity index (χ2n) is 4.72. The second kappa shape index (κ2) is 5.70. The van der Waals surface area contributed by atoms with Crippen LogP contribution >= 0.6 is 11.6 Å². The Morgan fingerprint density at radius 3 is 2.58 bits per heavy atom. The maximum absolute atomic E-state index is 13.0. The van der Waals surface area contributed by atoms with E-state index < -0.39 is 5.54 Å². The first-order valence-corrected chi connectivity index (χ1v) is 6.78. The molecule has 102 valence electrons. The van der Waals surface area contributed by atoms with Crippen LogP contribution in [-0.2, 0) is 15.1 Å². The molecule has 0 spiro atoms. The van der Waals surface area contributed by atoms with Gasteiger partial charge in [-0.15, -0.1) is 11.6 Å². The highest BCUT2D eigenvalue weighted by atomic mass is 35.5. The molecule has 1 aliphatic carbocycles. The number of benzene rings is 1. The number of nitrogens with one attached hydrogen (secondary N) is 1. The van der Waals surface area contributed by atoms with Crippen LogP contribution in [0.25, 0.3) is 0 Å². The van der Waals surface area contributed by atoms with Gasteiger partial charge in [0.25, 0.3) is 0 Å². The molecule has 3 nitrogen and oxygen atoms in total. The minimum atomic E-state index is -1.04. The van der Waals surface area contributed by atoms with Gasteiger partial charge in [0, 0.05) is 6.42 Å². The molecular weight excluding hydrogens is 269 g/mol. The SMILES string of the molecule is O=C(CCl)NC1(c2ccc(F)cc2)CCCCC1=O. The third kappa shape index (κ3) is 2.78. The van der Waals surface area contributed by atoms with Crippen molar-refractivity contribution in [3.05, 3.63) is 35.6 Å². The molecule has 19 heavy (non-hydrogen) atoms. The molecule has 1 N–H and O–H groups in total. The summed E-state index contributed by atoms with van der Waals surface area (Å²) in [5, 5.41) is 2.72. The monoisotopic (exact) mass is 283 g/mol. The van der Waals surface area contributed by atoms with Crippen LogP contribution in [-0.4, -0.2) is 17.6 Å². The van der Waals surface area contributed by atoms with Gasteiger partial charge in [0.1, 0.15) is 17.2 Å². The Bertz CT molecular complexity index is 489. The predicted molar refractivity (Wildman–Crippen MR) is 70.4 cm³/mol. The normalized spacial score (nSPS) is 23.2. The molecule has 2 rings (SSSR count). The molecule has 1 fully saturated rings. The van der Waals surface area contributed by atoms with Crippen molar-refractivity contribution in [2.45, 2.75) is 31.2 Å². The van der Waals surface area contributed by atoms with E-state index in [9.17, 15) is 14.0 Å². The topological polar surface area (TPSA) is 46.2 Å². The molecule has 0 heterocycles. The highest BCUT2D eigenvalue weighted by Crippen LogP contribution is 2.34. The van der Waals surface area contributed by atoms with Crippen LogP contribution in [0.4, 0.5) is 4.39 Å². The molecule has 1 atom stereocenters. The summed E-state index contributed by atoms with van der Waals surface area (Å²) in [5.74, 6) is -0.994. The van der Waals surface area contributed by atoms with Crippen LogP contribution in [0.5, 0.6) is 0 Å². The Labute approximate surface area is 116 Å². The number of ketones is 1. The molecule has 1 amide bonds. The standard InChI is InChI=1S/C14H15ClFNO2/c15-9-13(19)17-14(8-2-1-3-12(14)18)10-4-6-11(16)7-5-10/h4-7H,1-3,8-9H2,(H,17,19). The number of rotatable bonds is 3. The summed E-state index contributed by atoms with van der Waals surface area (Å²) in [6, 6.07) is 5.69. The number of carbonyl (C=O) groups excluding carboxylic acids is 2. The quantitative estimate of drug-likeness (QED) is 0.867. The molecule has 0 aromatic heterocycles. The molecule has 1 aromatic rings. The van der Waals surface area contributed by atoms with Crippen LogP contribution in [0.3, 0.4) is 0 Å². The molecule has 1 aliphatic rings. The molecular formula is C14H15ClFNO2. The van der Waals surface area contributed by atoms with Gasteiger partial charge in [-0.05, 0) is 37.0 Å². The average molecular weight is 284 g/mol. The van der Waals surface area contributed by atoms with Crippen molar-refractivity contribution in [3.8, 4) is 0 Å². The van der Waals surface area contributed by atoms with E-state index in [0.717, 1.165) is 12.8 Å². The highest BCUT2D eigenvalue weighted by Gasteiger charge is 2.42. The van der Waals surface area contributed by atoms with E-state index in [2.05, 4.69) is 5.32 Å². The summed E-state index contributed by atoms with van der Waals surface area (Å²) in [7, 11) is 0. The third-order valence-electron chi connectivity index (χ3n) is 3.49. The van der Waals surface area contributed by atoms with Crippen molar-refractivity contribution in [1.82, 2.24) is 5.32 Å². The van der Waals surface area contributed by atoms with Gasteiger partial charge in [-0.3, -0.25) is 9.59 Å². The van der Waals surface area contributed by atoms with Gasteiger partial charge in [0.15, 0.2) is 5.78 Å². The third-order valence-corrected chi connectivity index (χ3v) is 3.74. The van der Waals surface area contributed by atoms with Crippen LogP contribution < -0.4 is 5.32 Å². The van der Waals surface area contributed by atoms with Gasteiger partial charge in [-0.1, -0.05) is 12.1 Å². The lowest BCUT2D eigenvalue weighted by Gasteiger charge is -2.37. The Balaban J connectivity index is 2.40. The van der Waals surface area contributed by atoms with E-state index in [0.29, 0.717) is 18.4 Å². The Hall–Kier alpha value is -1.42. The van der Waals surface area contributed by atoms with Crippen LogP contribution in [0.1, 0.15) is 31.2 Å². The van der Waals surface area contributed by atoms with E-state index in [-0.39, 0.29) is 23.4 Å². The van der Waals surface area contributed by atoms with Crippen molar-refractivity contribution >= 4 is 23.3 Å². The van der Waals surface area contributed by atoms with Crippen LogP contribution in [0.2, 0.25) is 0 Å². The zero-order valence-electron chi connectivity index (χ0n) is 10.4. The molecule has 1 unspecified atom stereocenters. The summed E-state index contributed by atoms with van der Waals surface area (Å²) >= 11 is 5.51. The van der Waals surface area contributed by atoms with Crippen molar-refractivity contribution in [2.24, 2.45) is 0 Å². The van der Waals surface area contributed by atoms with E-state index in [1.165, 1.54) is 12.1 Å². The van der Waals surface area contributed by atoms with Gasteiger partial charge in [0.05, 0.1) is 0 Å². The fourth-order valence-electron chi connectivity index (χ4n) is 2.54. The molecule has 5 heteroatoms. The fraction of sp³-hybridized carbons (Fsp3) is 0.429. The average Bonchev–Trinajstić information content (AvgIpc) is 2.42. The molecule has 0 saturated heterocycles. The van der Waals surface area contributed by atoms with Gasteiger partial charge in [0.2, 0.25) is 5.91 Å². The maximum atomic E-state index is 13.0. The summed E-state index contributed by atoms with van der Waals surface area (Å²) in [6.45, 7) is 0. The minimum Gasteiger partial charge on any atom is -0.339 e. The van der Waals surface area contributed by atoms with E-state index in [1.807, 2.05) is 0 Å². The van der Waals surface area contributed by atoms with Gasteiger partial charge < -0.3 is 5.32 Å². The maximum Gasteiger partial charge on any atom is 0.235 e. The molecule has 1 aromatic carbocycles. The van der Waals surface area contributed by atoms with Gasteiger partial charge in [-0.2, -0.15) is 0 Å². The Morgan fingerprint density at radius 2 is 2.00 bits per heavy atom. The first-order chi connectivity index (χ1) is 9.08. The second-order valence-corrected chi connectivity index (χ2v) is 4.99.